The molecule has 1 saturated carbocycles. The molecule has 3 heteroatoms. The first-order chi connectivity index (χ1) is 8.24. The molecule has 94 valence electrons. The third kappa shape index (κ3) is 3.13. The van der Waals surface area contributed by atoms with Crippen LogP contribution in [0.4, 0.5) is 0 Å². The molecule has 0 spiro atoms. The summed E-state index contributed by atoms with van der Waals surface area (Å²) >= 11 is 0. The van der Waals surface area contributed by atoms with Crippen LogP contribution in [0.25, 0.3) is 0 Å². The minimum atomic E-state index is 0.129. The largest absolute Gasteiger partial charge is 0.493 e. The Kier molecular flexibility index (Phi) is 3.89. The normalized spacial score (nSPS) is 16.6. The summed E-state index contributed by atoms with van der Waals surface area (Å²) < 4.78 is 11.1. The van der Waals surface area contributed by atoms with Crippen LogP contribution < -0.4 is 9.47 Å². The molecular formula is C14H20O3. The van der Waals surface area contributed by atoms with E-state index < -0.39 is 0 Å². The van der Waals surface area contributed by atoms with Crippen LogP contribution in [-0.4, -0.2) is 25.4 Å². The van der Waals surface area contributed by atoms with E-state index in [1.54, 1.807) is 7.11 Å². The van der Waals surface area contributed by atoms with Gasteiger partial charge < -0.3 is 14.6 Å². The van der Waals surface area contributed by atoms with Gasteiger partial charge in [0.15, 0.2) is 11.5 Å². The highest BCUT2D eigenvalue weighted by Gasteiger charge is 2.22. The Bertz CT molecular complexity index is 372. The van der Waals surface area contributed by atoms with Gasteiger partial charge in [-0.25, -0.2) is 0 Å². The van der Waals surface area contributed by atoms with Gasteiger partial charge in [0.1, 0.15) is 0 Å². The molecule has 1 aromatic rings. The first kappa shape index (κ1) is 12.2. The minimum Gasteiger partial charge on any atom is -0.493 e. The summed E-state index contributed by atoms with van der Waals surface area (Å²) in [6.45, 7) is 2.91. The SMILES string of the molecule is COc1ccc(C(C)CO)cc1OCC1CC1. The van der Waals surface area contributed by atoms with Crippen LogP contribution in [0.5, 0.6) is 11.5 Å². The van der Waals surface area contributed by atoms with Crippen molar-refractivity contribution in [1.82, 2.24) is 0 Å². The number of rotatable bonds is 6. The molecule has 1 N–H and O–H groups in total. The van der Waals surface area contributed by atoms with Crippen LogP contribution in [0.1, 0.15) is 31.2 Å². The number of hydrogen-bond acceptors (Lipinski definition) is 3. The van der Waals surface area contributed by atoms with E-state index in [1.807, 2.05) is 25.1 Å². The first-order valence-electron chi connectivity index (χ1n) is 6.16. The average Bonchev–Trinajstić information content (AvgIpc) is 3.19. The van der Waals surface area contributed by atoms with E-state index in [2.05, 4.69) is 0 Å². The lowest BCUT2D eigenvalue weighted by Crippen LogP contribution is -2.03. The van der Waals surface area contributed by atoms with Crippen molar-refractivity contribution >= 4 is 0 Å². The van der Waals surface area contributed by atoms with Crippen molar-refractivity contribution in [2.24, 2.45) is 5.92 Å². The van der Waals surface area contributed by atoms with Crippen molar-refractivity contribution in [1.29, 1.82) is 0 Å². The number of aliphatic hydroxyl groups excluding tert-OH is 1. The molecule has 0 radical (unpaired) electrons. The lowest BCUT2D eigenvalue weighted by atomic mass is 10.0. The Morgan fingerprint density at radius 3 is 2.71 bits per heavy atom. The van der Waals surface area contributed by atoms with Crippen LogP contribution in [0, 0.1) is 5.92 Å². The summed E-state index contributed by atoms with van der Waals surface area (Å²) in [6, 6.07) is 5.86. The predicted molar refractivity (Wildman–Crippen MR) is 66.7 cm³/mol. The summed E-state index contributed by atoms with van der Waals surface area (Å²) in [6.07, 6.45) is 2.55. The topological polar surface area (TPSA) is 38.7 Å². The van der Waals surface area contributed by atoms with E-state index in [1.165, 1.54) is 12.8 Å². The number of benzene rings is 1. The molecule has 1 aliphatic rings. The van der Waals surface area contributed by atoms with Crippen molar-refractivity contribution in [3.63, 3.8) is 0 Å². The van der Waals surface area contributed by atoms with E-state index in [9.17, 15) is 0 Å². The van der Waals surface area contributed by atoms with Crippen LogP contribution >= 0.6 is 0 Å². The van der Waals surface area contributed by atoms with Crippen LogP contribution in [0.2, 0.25) is 0 Å². The summed E-state index contributed by atoms with van der Waals surface area (Å²) in [5.74, 6) is 2.40. The van der Waals surface area contributed by atoms with Gasteiger partial charge in [0.05, 0.1) is 13.7 Å². The fourth-order valence-corrected chi connectivity index (χ4v) is 1.71. The second-order valence-electron chi connectivity index (χ2n) is 4.75. The molecule has 1 aromatic carbocycles. The van der Waals surface area contributed by atoms with E-state index in [0.717, 1.165) is 29.6 Å². The molecule has 0 saturated heterocycles. The maximum atomic E-state index is 9.16. The standard InChI is InChI=1S/C14H20O3/c1-10(8-15)12-5-6-13(16-2)14(7-12)17-9-11-3-4-11/h5-7,10-11,15H,3-4,8-9H2,1-2H3. The molecule has 3 nitrogen and oxygen atoms in total. The van der Waals surface area contributed by atoms with Crippen molar-refractivity contribution in [2.45, 2.75) is 25.7 Å². The Balaban J connectivity index is 2.12. The second-order valence-corrected chi connectivity index (χ2v) is 4.75. The third-order valence-corrected chi connectivity index (χ3v) is 3.20. The van der Waals surface area contributed by atoms with Crippen molar-refractivity contribution in [3.05, 3.63) is 23.8 Å². The average molecular weight is 236 g/mol. The quantitative estimate of drug-likeness (QED) is 0.825. The fourth-order valence-electron chi connectivity index (χ4n) is 1.71. The van der Waals surface area contributed by atoms with Gasteiger partial charge in [-0.15, -0.1) is 0 Å². The van der Waals surface area contributed by atoms with Gasteiger partial charge in [-0.1, -0.05) is 13.0 Å². The number of aliphatic hydroxyl groups is 1. The van der Waals surface area contributed by atoms with Crippen LogP contribution in [0.15, 0.2) is 18.2 Å². The number of methoxy groups -OCH3 is 1. The summed E-state index contributed by atoms with van der Waals surface area (Å²) in [5.41, 5.74) is 1.08. The Morgan fingerprint density at radius 1 is 1.35 bits per heavy atom. The lowest BCUT2D eigenvalue weighted by Gasteiger charge is -2.14. The maximum Gasteiger partial charge on any atom is 0.161 e. The van der Waals surface area contributed by atoms with E-state index in [-0.39, 0.29) is 12.5 Å². The van der Waals surface area contributed by atoms with Gasteiger partial charge in [0, 0.05) is 12.5 Å². The molecular weight excluding hydrogens is 216 g/mol. The number of hydrogen-bond donors (Lipinski definition) is 1. The highest BCUT2D eigenvalue weighted by molar-refractivity contribution is 5.44. The third-order valence-electron chi connectivity index (χ3n) is 3.20. The zero-order valence-corrected chi connectivity index (χ0v) is 10.5. The summed E-state index contributed by atoms with van der Waals surface area (Å²) in [4.78, 5) is 0. The molecule has 0 aromatic heterocycles. The first-order valence-corrected chi connectivity index (χ1v) is 6.16. The smallest absolute Gasteiger partial charge is 0.161 e. The maximum absolute atomic E-state index is 9.16. The molecule has 1 aliphatic carbocycles. The highest BCUT2D eigenvalue weighted by atomic mass is 16.5. The Morgan fingerprint density at radius 2 is 2.12 bits per heavy atom. The van der Waals surface area contributed by atoms with Gasteiger partial charge in [-0.3, -0.25) is 0 Å². The molecule has 0 heterocycles. The van der Waals surface area contributed by atoms with Crippen LogP contribution in [0.3, 0.4) is 0 Å². The van der Waals surface area contributed by atoms with Gasteiger partial charge >= 0.3 is 0 Å². The van der Waals surface area contributed by atoms with Gasteiger partial charge in [-0.2, -0.15) is 0 Å². The van der Waals surface area contributed by atoms with Crippen molar-refractivity contribution in [2.75, 3.05) is 20.3 Å². The molecule has 0 bridgehead atoms. The molecule has 1 unspecified atom stereocenters. The zero-order chi connectivity index (χ0) is 12.3. The zero-order valence-electron chi connectivity index (χ0n) is 10.5. The van der Waals surface area contributed by atoms with Crippen molar-refractivity contribution < 1.29 is 14.6 Å². The highest BCUT2D eigenvalue weighted by Crippen LogP contribution is 2.34. The van der Waals surface area contributed by atoms with E-state index >= 15 is 0 Å². The lowest BCUT2D eigenvalue weighted by molar-refractivity contribution is 0.269. The second kappa shape index (κ2) is 5.41. The molecule has 17 heavy (non-hydrogen) atoms. The molecule has 1 fully saturated rings. The monoisotopic (exact) mass is 236 g/mol. The summed E-state index contributed by atoms with van der Waals surface area (Å²) in [7, 11) is 1.65. The van der Waals surface area contributed by atoms with E-state index in [4.69, 9.17) is 14.6 Å². The van der Waals surface area contributed by atoms with Crippen LogP contribution in [-0.2, 0) is 0 Å². The van der Waals surface area contributed by atoms with Crippen molar-refractivity contribution in [3.8, 4) is 11.5 Å². The Hall–Kier alpha value is -1.22. The van der Waals surface area contributed by atoms with E-state index in [0.29, 0.717) is 0 Å². The van der Waals surface area contributed by atoms with Gasteiger partial charge in [0.25, 0.3) is 0 Å². The predicted octanol–water partition coefficient (Wildman–Crippen LogP) is 2.58. The minimum absolute atomic E-state index is 0.129. The van der Waals surface area contributed by atoms with Gasteiger partial charge in [0.2, 0.25) is 0 Å². The fraction of sp³-hybridized carbons (Fsp3) is 0.571. The molecule has 1 atom stereocenters. The number of ether oxygens (including phenoxy) is 2. The van der Waals surface area contributed by atoms with Gasteiger partial charge in [-0.05, 0) is 36.5 Å². The summed E-state index contributed by atoms with van der Waals surface area (Å²) in [5, 5.41) is 9.16. The molecule has 0 amide bonds. The molecule has 0 aliphatic heterocycles. The Labute approximate surface area is 102 Å². The molecule has 2 rings (SSSR count).